The summed E-state index contributed by atoms with van der Waals surface area (Å²) in [4.78, 5) is 19.1. The van der Waals surface area contributed by atoms with Crippen molar-refractivity contribution < 1.29 is 18.0 Å². The molecular formula is C13H17F3N6O. The molecule has 7 nitrogen and oxygen atoms in total. The standard InChI is InChI=1S/C13H17F3N6O/c1-7-9(3-4-10(23)18-6-5-17)8(2)22-12(19-7)20-11(21-22)13(14,15)16/h3-6,17H2,1-2H3,(H,18,23). The van der Waals surface area contributed by atoms with Gasteiger partial charge in [0.25, 0.3) is 11.6 Å². The Morgan fingerprint density at radius 3 is 2.61 bits per heavy atom. The van der Waals surface area contributed by atoms with E-state index in [4.69, 9.17) is 5.73 Å². The first-order chi connectivity index (χ1) is 10.7. The van der Waals surface area contributed by atoms with E-state index in [1.165, 1.54) is 0 Å². The second kappa shape index (κ2) is 6.49. The molecule has 2 heterocycles. The minimum Gasteiger partial charge on any atom is -0.355 e. The van der Waals surface area contributed by atoms with E-state index in [-0.39, 0.29) is 18.1 Å². The Bertz CT molecular complexity index is 725. The SMILES string of the molecule is Cc1nc2nc(C(F)(F)F)nn2c(C)c1CCC(=O)NCCN. The molecule has 0 aromatic carbocycles. The number of hydrogen-bond acceptors (Lipinski definition) is 5. The molecule has 0 fully saturated rings. The van der Waals surface area contributed by atoms with Crippen molar-refractivity contribution in [1.29, 1.82) is 0 Å². The number of hydrogen-bond donors (Lipinski definition) is 2. The zero-order valence-electron chi connectivity index (χ0n) is 12.7. The smallest absolute Gasteiger partial charge is 0.355 e. The number of alkyl halides is 3. The van der Waals surface area contributed by atoms with Gasteiger partial charge in [-0.2, -0.15) is 18.2 Å². The van der Waals surface area contributed by atoms with Crippen LogP contribution in [-0.4, -0.2) is 38.6 Å². The van der Waals surface area contributed by atoms with Crippen molar-refractivity contribution in [2.24, 2.45) is 5.73 Å². The van der Waals surface area contributed by atoms with Crippen molar-refractivity contribution in [2.75, 3.05) is 13.1 Å². The van der Waals surface area contributed by atoms with E-state index in [9.17, 15) is 18.0 Å². The highest BCUT2D eigenvalue weighted by Gasteiger charge is 2.36. The van der Waals surface area contributed by atoms with Crippen LogP contribution in [0, 0.1) is 13.8 Å². The summed E-state index contributed by atoms with van der Waals surface area (Å²) >= 11 is 0. The third kappa shape index (κ3) is 3.76. The normalized spacial score (nSPS) is 11.9. The van der Waals surface area contributed by atoms with Gasteiger partial charge in [-0.1, -0.05) is 0 Å². The van der Waals surface area contributed by atoms with Crippen LogP contribution in [0.15, 0.2) is 0 Å². The molecule has 2 aromatic rings. The van der Waals surface area contributed by atoms with Gasteiger partial charge in [0.05, 0.1) is 0 Å². The van der Waals surface area contributed by atoms with Gasteiger partial charge in [0.2, 0.25) is 5.91 Å². The molecule has 0 bridgehead atoms. The Morgan fingerprint density at radius 1 is 1.30 bits per heavy atom. The van der Waals surface area contributed by atoms with Gasteiger partial charge in [-0.25, -0.2) is 9.50 Å². The third-order valence-corrected chi connectivity index (χ3v) is 3.37. The van der Waals surface area contributed by atoms with Crippen LogP contribution >= 0.6 is 0 Å². The lowest BCUT2D eigenvalue weighted by molar-refractivity contribution is -0.144. The lowest BCUT2D eigenvalue weighted by Crippen LogP contribution is -2.29. The van der Waals surface area contributed by atoms with E-state index in [0.717, 1.165) is 4.52 Å². The fourth-order valence-electron chi connectivity index (χ4n) is 2.23. The second-order valence-electron chi connectivity index (χ2n) is 5.04. The quantitative estimate of drug-likeness (QED) is 0.844. The minimum absolute atomic E-state index is 0.108. The van der Waals surface area contributed by atoms with Crippen LogP contribution in [0.2, 0.25) is 0 Å². The molecule has 0 radical (unpaired) electrons. The molecule has 0 aliphatic rings. The topological polar surface area (TPSA) is 98.2 Å². The number of halogens is 3. The predicted molar refractivity (Wildman–Crippen MR) is 75.6 cm³/mol. The Morgan fingerprint density at radius 2 is 2.00 bits per heavy atom. The van der Waals surface area contributed by atoms with E-state index in [0.29, 0.717) is 36.5 Å². The van der Waals surface area contributed by atoms with Crippen LogP contribution in [0.3, 0.4) is 0 Å². The number of aryl methyl sites for hydroxylation is 2. The predicted octanol–water partition coefficient (Wildman–Crippen LogP) is 0.767. The maximum absolute atomic E-state index is 12.7. The van der Waals surface area contributed by atoms with Crippen LogP contribution in [0.4, 0.5) is 13.2 Å². The summed E-state index contributed by atoms with van der Waals surface area (Å²) in [5.41, 5.74) is 6.99. The molecule has 0 saturated heterocycles. The molecule has 2 aromatic heterocycles. The first-order valence-electron chi connectivity index (χ1n) is 7.01. The first-order valence-corrected chi connectivity index (χ1v) is 7.01. The summed E-state index contributed by atoms with van der Waals surface area (Å²) < 4.78 is 39.2. The molecular weight excluding hydrogens is 313 g/mol. The van der Waals surface area contributed by atoms with Gasteiger partial charge in [0, 0.05) is 30.9 Å². The largest absolute Gasteiger partial charge is 0.453 e. The van der Waals surface area contributed by atoms with Gasteiger partial charge in [0.1, 0.15) is 0 Å². The molecule has 0 aliphatic heterocycles. The molecule has 3 N–H and O–H groups in total. The van der Waals surface area contributed by atoms with Gasteiger partial charge < -0.3 is 11.1 Å². The maximum Gasteiger partial charge on any atom is 0.453 e. The Labute approximate surface area is 130 Å². The van der Waals surface area contributed by atoms with Gasteiger partial charge in [-0.15, -0.1) is 5.10 Å². The second-order valence-corrected chi connectivity index (χ2v) is 5.04. The summed E-state index contributed by atoms with van der Waals surface area (Å²) in [5, 5.41) is 6.10. The zero-order chi connectivity index (χ0) is 17.2. The van der Waals surface area contributed by atoms with Crippen molar-refractivity contribution in [3.63, 3.8) is 0 Å². The third-order valence-electron chi connectivity index (χ3n) is 3.37. The van der Waals surface area contributed by atoms with Crippen molar-refractivity contribution >= 4 is 11.7 Å². The van der Waals surface area contributed by atoms with E-state index in [2.05, 4.69) is 20.4 Å². The Hall–Kier alpha value is -2.23. The summed E-state index contributed by atoms with van der Waals surface area (Å²) in [5.74, 6) is -1.52. The average Bonchev–Trinajstić information content (AvgIpc) is 2.89. The number of aromatic nitrogens is 4. The molecule has 1 amide bonds. The van der Waals surface area contributed by atoms with Crippen molar-refractivity contribution in [3.05, 3.63) is 22.8 Å². The highest BCUT2D eigenvalue weighted by atomic mass is 19.4. The molecule has 0 saturated carbocycles. The van der Waals surface area contributed by atoms with Gasteiger partial charge in [-0.3, -0.25) is 4.79 Å². The highest BCUT2D eigenvalue weighted by molar-refractivity contribution is 5.76. The molecule has 0 atom stereocenters. The van der Waals surface area contributed by atoms with Gasteiger partial charge in [0.15, 0.2) is 0 Å². The zero-order valence-corrected chi connectivity index (χ0v) is 12.7. The van der Waals surface area contributed by atoms with Crippen molar-refractivity contribution in [2.45, 2.75) is 32.9 Å². The molecule has 10 heteroatoms. The van der Waals surface area contributed by atoms with Crippen LogP contribution in [0.5, 0.6) is 0 Å². The molecule has 0 unspecified atom stereocenters. The summed E-state index contributed by atoms with van der Waals surface area (Å²) in [6, 6.07) is 0. The number of nitrogens with one attached hydrogen (secondary N) is 1. The number of amides is 1. The average molecular weight is 330 g/mol. The summed E-state index contributed by atoms with van der Waals surface area (Å²) in [7, 11) is 0. The lowest BCUT2D eigenvalue weighted by Gasteiger charge is -2.10. The molecule has 2 rings (SSSR count). The van der Waals surface area contributed by atoms with Crippen LogP contribution in [0.25, 0.3) is 5.78 Å². The van der Waals surface area contributed by atoms with E-state index in [1.54, 1.807) is 13.8 Å². The number of carbonyl (C=O) groups excluding carboxylic acids is 1. The van der Waals surface area contributed by atoms with Crippen LogP contribution < -0.4 is 11.1 Å². The fourth-order valence-corrected chi connectivity index (χ4v) is 2.23. The van der Waals surface area contributed by atoms with Crippen LogP contribution in [-0.2, 0) is 17.4 Å². The highest BCUT2D eigenvalue weighted by Crippen LogP contribution is 2.27. The Balaban J connectivity index is 2.28. The van der Waals surface area contributed by atoms with Crippen molar-refractivity contribution in [3.8, 4) is 0 Å². The molecule has 126 valence electrons. The van der Waals surface area contributed by atoms with Gasteiger partial charge >= 0.3 is 6.18 Å². The number of nitrogens with two attached hydrogens (primary N) is 1. The number of nitrogens with zero attached hydrogens (tertiary/aromatic N) is 4. The lowest BCUT2D eigenvalue weighted by atomic mass is 10.1. The van der Waals surface area contributed by atoms with E-state index >= 15 is 0 Å². The monoisotopic (exact) mass is 330 g/mol. The number of carbonyl (C=O) groups is 1. The van der Waals surface area contributed by atoms with Crippen molar-refractivity contribution in [1.82, 2.24) is 24.9 Å². The Kier molecular flexibility index (Phi) is 4.83. The van der Waals surface area contributed by atoms with Gasteiger partial charge in [-0.05, 0) is 25.8 Å². The van der Waals surface area contributed by atoms with E-state index < -0.39 is 12.0 Å². The molecule has 0 spiro atoms. The minimum atomic E-state index is -4.63. The summed E-state index contributed by atoms with van der Waals surface area (Å²) in [6.07, 6.45) is -4.09. The fraction of sp³-hybridized carbons (Fsp3) is 0.538. The maximum atomic E-state index is 12.7. The number of fused-ring (bicyclic) bond motifs is 1. The molecule has 23 heavy (non-hydrogen) atoms. The van der Waals surface area contributed by atoms with Crippen LogP contribution in [0.1, 0.15) is 29.2 Å². The first kappa shape index (κ1) is 17.1. The number of rotatable bonds is 5. The van der Waals surface area contributed by atoms with E-state index in [1.807, 2.05) is 0 Å². The molecule has 0 aliphatic carbocycles. The summed E-state index contributed by atoms with van der Waals surface area (Å²) in [6.45, 7) is 4.02.